The molecule has 4 N–H and O–H groups in total. The van der Waals surface area contributed by atoms with E-state index in [0.717, 1.165) is 5.56 Å². The number of carbonyl (C=O) groups is 1. The zero-order chi connectivity index (χ0) is 13.8. The van der Waals surface area contributed by atoms with Crippen molar-refractivity contribution < 1.29 is 9.18 Å². The second-order valence-corrected chi connectivity index (χ2v) is 4.13. The standard InChI is InChI=1S/C14H14FN3O/c1-9-3-2-4-12(16)13(9)18-14(19)17-11-7-5-10(15)6-8-11/h2-8H,16H2,1H3,(H2,17,18,19). The molecule has 2 amide bonds. The third kappa shape index (κ3) is 3.22. The summed E-state index contributed by atoms with van der Waals surface area (Å²) in [6.07, 6.45) is 0. The van der Waals surface area contributed by atoms with Gasteiger partial charge in [0.15, 0.2) is 0 Å². The van der Waals surface area contributed by atoms with Crippen LogP contribution in [-0.2, 0) is 0 Å². The summed E-state index contributed by atoms with van der Waals surface area (Å²) in [7, 11) is 0. The second-order valence-electron chi connectivity index (χ2n) is 4.13. The van der Waals surface area contributed by atoms with Crippen molar-refractivity contribution in [3.63, 3.8) is 0 Å². The van der Waals surface area contributed by atoms with Gasteiger partial charge in [0.1, 0.15) is 5.82 Å². The number of benzene rings is 2. The Morgan fingerprint density at radius 2 is 1.79 bits per heavy atom. The highest BCUT2D eigenvalue weighted by molar-refractivity contribution is 6.02. The molecule has 0 atom stereocenters. The van der Waals surface area contributed by atoms with Gasteiger partial charge in [-0.05, 0) is 42.8 Å². The molecular weight excluding hydrogens is 245 g/mol. The van der Waals surface area contributed by atoms with Crippen LogP contribution in [0.4, 0.5) is 26.2 Å². The van der Waals surface area contributed by atoms with Gasteiger partial charge in [-0.2, -0.15) is 0 Å². The summed E-state index contributed by atoms with van der Waals surface area (Å²) in [4.78, 5) is 11.8. The van der Waals surface area contributed by atoms with Gasteiger partial charge < -0.3 is 16.4 Å². The minimum atomic E-state index is -0.424. The fourth-order valence-electron chi connectivity index (χ4n) is 1.67. The van der Waals surface area contributed by atoms with Gasteiger partial charge in [0, 0.05) is 5.69 Å². The van der Waals surface area contributed by atoms with E-state index in [1.165, 1.54) is 24.3 Å². The van der Waals surface area contributed by atoms with Crippen LogP contribution in [0.15, 0.2) is 42.5 Å². The molecule has 4 nitrogen and oxygen atoms in total. The largest absolute Gasteiger partial charge is 0.397 e. The molecule has 2 aromatic rings. The number of halogens is 1. The van der Waals surface area contributed by atoms with Crippen molar-refractivity contribution in [3.05, 3.63) is 53.8 Å². The van der Waals surface area contributed by atoms with E-state index in [9.17, 15) is 9.18 Å². The average molecular weight is 259 g/mol. The summed E-state index contributed by atoms with van der Waals surface area (Å²) in [5.41, 5.74) is 8.23. The Labute approximate surface area is 110 Å². The van der Waals surface area contributed by atoms with Gasteiger partial charge in [0.05, 0.1) is 11.4 Å². The number of urea groups is 1. The molecule has 0 fully saturated rings. The topological polar surface area (TPSA) is 67.1 Å². The van der Waals surface area contributed by atoms with Crippen LogP contribution in [0.3, 0.4) is 0 Å². The third-order valence-electron chi connectivity index (χ3n) is 2.65. The van der Waals surface area contributed by atoms with E-state index in [2.05, 4.69) is 10.6 Å². The van der Waals surface area contributed by atoms with Gasteiger partial charge in [-0.3, -0.25) is 0 Å². The molecule has 0 aliphatic rings. The van der Waals surface area contributed by atoms with Crippen LogP contribution in [0.5, 0.6) is 0 Å². The lowest BCUT2D eigenvalue weighted by Gasteiger charge is -2.12. The first kappa shape index (κ1) is 12.9. The smallest absolute Gasteiger partial charge is 0.323 e. The van der Waals surface area contributed by atoms with Crippen LogP contribution in [0, 0.1) is 12.7 Å². The summed E-state index contributed by atoms with van der Waals surface area (Å²) >= 11 is 0. The highest BCUT2D eigenvalue weighted by atomic mass is 19.1. The van der Waals surface area contributed by atoms with E-state index in [-0.39, 0.29) is 5.82 Å². The Kier molecular flexibility index (Phi) is 3.66. The van der Waals surface area contributed by atoms with Gasteiger partial charge >= 0.3 is 6.03 Å². The second kappa shape index (κ2) is 5.39. The fourth-order valence-corrected chi connectivity index (χ4v) is 1.67. The molecular formula is C14H14FN3O. The molecule has 0 bridgehead atoms. The molecule has 0 aliphatic heterocycles. The molecule has 2 aromatic carbocycles. The maximum absolute atomic E-state index is 12.7. The number of nitrogens with one attached hydrogen (secondary N) is 2. The molecule has 0 radical (unpaired) electrons. The summed E-state index contributed by atoms with van der Waals surface area (Å²) in [5.74, 6) is -0.353. The van der Waals surface area contributed by atoms with Crippen LogP contribution >= 0.6 is 0 Å². The van der Waals surface area contributed by atoms with Gasteiger partial charge in [-0.1, -0.05) is 12.1 Å². The van der Waals surface area contributed by atoms with E-state index in [1.54, 1.807) is 6.07 Å². The molecule has 0 spiro atoms. The number of hydrogen-bond acceptors (Lipinski definition) is 2. The molecule has 0 heterocycles. The van der Waals surface area contributed by atoms with E-state index in [1.807, 2.05) is 19.1 Å². The number of rotatable bonds is 2. The minimum absolute atomic E-state index is 0.353. The minimum Gasteiger partial charge on any atom is -0.397 e. The number of para-hydroxylation sites is 1. The molecule has 2 rings (SSSR count). The van der Waals surface area contributed by atoms with Crippen LogP contribution in [0.2, 0.25) is 0 Å². The third-order valence-corrected chi connectivity index (χ3v) is 2.65. The fraction of sp³-hybridized carbons (Fsp3) is 0.0714. The Balaban J connectivity index is 2.07. The van der Waals surface area contributed by atoms with Crippen molar-refractivity contribution in [1.82, 2.24) is 0 Å². The predicted molar refractivity (Wildman–Crippen MR) is 74.6 cm³/mol. The van der Waals surface area contributed by atoms with Crippen LogP contribution in [-0.4, -0.2) is 6.03 Å². The molecule has 0 saturated carbocycles. The van der Waals surface area contributed by atoms with Crippen molar-refractivity contribution >= 4 is 23.1 Å². The van der Waals surface area contributed by atoms with Crippen molar-refractivity contribution in [3.8, 4) is 0 Å². The summed E-state index contributed by atoms with van der Waals surface area (Å²) in [6, 6.07) is 10.5. The summed E-state index contributed by atoms with van der Waals surface area (Å²) in [6.45, 7) is 1.85. The SMILES string of the molecule is Cc1cccc(N)c1NC(=O)Nc1ccc(F)cc1. The first-order valence-electron chi connectivity index (χ1n) is 5.75. The first-order valence-corrected chi connectivity index (χ1v) is 5.75. The first-order chi connectivity index (χ1) is 9.06. The van der Waals surface area contributed by atoms with Crippen LogP contribution in [0.1, 0.15) is 5.56 Å². The quantitative estimate of drug-likeness (QED) is 0.724. The monoisotopic (exact) mass is 259 g/mol. The van der Waals surface area contributed by atoms with E-state index < -0.39 is 6.03 Å². The van der Waals surface area contributed by atoms with Crippen molar-refractivity contribution in [2.24, 2.45) is 0 Å². The molecule has 98 valence electrons. The Morgan fingerprint density at radius 1 is 1.11 bits per heavy atom. The lowest BCUT2D eigenvalue weighted by atomic mass is 10.2. The average Bonchev–Trinajstić information content (AvgIpc) is 2.37. The lowest BCUT2D eigenvalue weighted by molar-refractivity contribution is 0.262. The summed E-state index contributed by atoms with van der Waals surface area (Å²) in [5, 5.41) is 5.27. The van der Waals surface area contributed by atoms with Crippen LogP contribution < -0.4 is 16.4 Å². The Hall–Kier alpha value is -2.56. The Bertz CT molecular complexity index is 576. The highest BCUT2D eigenvalue weighted by Gasteiger charge is 2.07. The molecule has 19 heavy (non-hydrogen) atoms. The molecule has 0 saturated heterocycles. The van der Waals surface area contributed by atoms with Gasteiger partial charge in [-0.25, -0.2) is 9.18 Å². The van der Waals surface area contributed by atoms with Crippen LogP contribution in [0.25, 0.3) is 0 Å². The van der Waals surface area contributed by atoms with Gasteiger partial charge in [-0.15, -0.1) is 0 Å². The van der Waals surface area contributed by atoms with Gasteiger partial charge in [0.25, 0.3) is 0 Å². The maximum Gasteiger partial charge on any atom is 0.323 e. The number of nitrogen functional groups attached to an aromatic ring is 1. The van der Waals surface area contributed by atoms with E-state index in [4.69, 9.17) is 5.73 Å². The zero-order valence-corrected chi connectivity index (χ0v) is 10.4. The molecule has 5 heteroatoms. The van der Waals surface area contributed by atoms with Crippen molar-refractivity contribution in [2.45, 2.75) is 6.92 Å². The van der Waals surface area contributed by atoms with Crippen molar-refractivity contribution in [2.75, 3.05) is 16.4 Å². The number of nitrogens with two attached hydrogens (primary N) is 1. The number of anilines is 3. The number of hydrogen-bond donors (Lipinski definition) is 3. The number of aryl methyl sites for hydroxylation is 1. The van der Waals surface area contributed by atoms with Crippen molar-refractivity contribution in [1.29, 1.82) is 0 Å². The molecule has 0 aromatic heterocycles. The molecule has 0 aliphatic carbocycles. The predicted octanol–water partition coefficient (Wildman–Crippen LogP) is 3.36. The Morgan fingerprint density at radius 3 is 2.42 bits per heavy atom. The highest BCUT2D eigenvalue weighted by Crippen LogP contribution is 2.22. The number of amides is 2. The number of carbonyl (C=O) groups excluding carboxylic acids is 1. The van der Waals surface area contributed by atoms with E-state index >= 15 is 0 Å². The zero-order valence-electron chi connectivity index (χ0n) is 10.4. The summed E-state index contributed by atoms with van der Waals surface area (Å²) < 4.78 is 12.7. The normalized spacial score (nSPS) is 10.0. The van der Waals surface area contributed by atoms with E-state index in [0.29, 0.717) is 17.1 Å². The molecule has 0 unspecified atom stereocenters. The van der Waals surface area contributed by atoms with Gasteiger partial charge in [0.2, 0.25) is 0 Å². The lowest BCUT2D eigenvalue weighted by Crippen LogP contribution is -2.20. The maximum atomic E-state index is 12.7.